The Hall–Kier alpha value is -1.42. The van der Waals surface area contributed by atoms with Crippen molar-refractivity contribution in [2.75, 3.05) is 5.75 Å². The number of phenolic OH excluding ortho intramolecular Hbond substituents is 2. The van der Waals surface area contributed by atoms with Gasteiger partial charge in [0.25, 0.3) is 0 Å². The third kappa shape index (κ3) is 4.45. The molecule has 0 unspecified atom stereocenters. The van der Waals surface area contributed by atoms with Crippen molar-refractivity contribution in [3.63, 3.8) is 0 Å². The smallest absolute Gasteiger partial charge is 0.173 e. The van der Waals surface area contributed by atoms with Gasteiger partial charge in [-0.1, -0.05) is 19.4 Å². The molecule has 0 heterocycles. The number of thioether (sulfide) groups is 1. The molecule has 0 aliphatic rings. The standard InChI is InChI=1S/C14H18O3S/c1-3-4-5-10(2)18-9-14(17)11-6-7-12(15)13(16)8-11/h5-8,15-16H,3-4,9H2,1-2H3/b10-5-. The topological polar surface area (TPSA) is 57.5 Å². The maximum absolute atomic E-state index is 11.8. The van der Waals surface area contributed by atoms with Crippen LogP contribution in [0, 0.1) is 0 Å². The quantitative estimate of drug-likeness (QED) is 0.608. The summed E-state index contributed by atoms with van der Waals surface area (Å²) in [5, 5.41) is 18.5. The largest absolute Gasteiger partial charge is 0.504 e. The molecule has 18 heavy (non-hydrogen) atoms. The molecule has 3 nitrogen and oxygen atoms in total. The Labute approximate surface area is 112 Å². The van der Waals surface area contributed by atoms with Gasteiger partial charge in [-0.25, -0.2) is 0 Å². The third-order valence-corrected chi connectivity index (χ3v) is 3.48. The van der Waals surface area contributed by atoms with Crippen molar-refractivity contribution in [3.05, 3.63) is 34.7 Å². The Balaban J connectivity index is 2.58. The number of ketones is 1. The predicted molar refractivity (Wildman–Crippen MR) is 75.2 cm³/mol. The van der Waals surface area contributed by atoms with Gasteiger partial charge >= 0.3 is 0 Å². The van der Waals surface area contributed by atoms with E-state index in [9.17, 15) is 9.90 Å². The maximum Gasteiger partial charge on any atom is 0.173 e. The van der Waals surface area contributed by atoms with E-state index in [4.69, 9.17) is 5.11 Å². The van der Waals surface area contributed by atoms with Gasteiger partial charge in [0, 0.05) is 5.56 Å². The molecule has 0 aromatic heterocycles. The predicted octanol–water partition coefficient (Wildman–Crippen LogP) is 3.72. The van der Waals surface area contributed by atoms with Crippen LogP contribution in [0.2, 0.25) is 0 Å². The fraction of sp³-hybridized carbons (Fsp3) is 0.357. The van der Waals surface area contributed by atoms with Crippen molar-refractivity contribution in [1.29, 1.82) is 0 Å². The van der Waals surface area contributed by atoms with E-state index in [0.717, 1.165) is 17.7 Å². The van der Waals surface area contributed by atoms with Crippen molar-refractivity contribution in [3.8, 4) is 11.5 Å². The Morgan fingerprint density at radius 2 is 2.06 bits per heavy atom. The van der Waals surface area contributed by atoms with Gasteiger partial charge in [-0.2, -0.15) is 0 Å². The van der Waals surface area contributed by atoms with E-state index in [1.165, 1.54) is 30.0 Å². The van der Waals surface area contributed by atoms with Gasteiger partial charge in [-0.3, -0.25) is 4.79 Å². The highest BCUT2D eigenvalue weighted by atomic mass is 32.2. The first-order valence-corrected chi connectivity index (χ1v) is 6.88. The molecule has 0 saturated heterocycles. The van der Waals surface area contributed by atoms with E-state index < -0.39 is 0 Å². The number of carbonyl (C=O) groups excluding carboxylic acids is 1. The van der Waals surface area contributed by atoms with Crippen molar-refractivity contribution < 1.29 is 15.0 Å². The highest BCUT2D eigenvalue weighted by Gasteiger charge is 2.09. The lowest BCUT2D eigenvalue weighted by molar-refractivity contribution is 0.102. The second-order valence-electron chi connectivity index (χ2n) is 4.02. The molecule has 0 radical (unpaired) electrons. The van der Waals surface area contributed by atoms with Crippen LogP contribution in [-0.2, 0) is 0 Å². The first-order valence-electron chi connectivity index (χ1n) is 5.89. The van der Waals surface area contributed by atoms with Gasteiger partial charge in [0.15, 0.2) is 17.3 Å². The van der Waals surface area contributed by atoms with E-state index >= 15 is 0 Å². The Morgan fingerprint density at radius 1 is 1.33 bits per heavy atom. The Bertz CT molecular complexity index is 452. The van der Waals surface area contributed by atoms with Crippen molar-refractivity contribution in [1.82, 2.24) is 0 Å². The second kappa shape index (κ2) is 7.11. The number of aromatic hydroxyl groups is 2. The van der Waals surface area contributed by atoms with Crippen LogP contribution < -0.4 is 0 Å². The average Bonchev–Trinajstić information content (AvgIpc) is 2.36. The van der Waals surface area contributed by atoms with Gasteiger partial charge < -0.3 is 10.2 Å². The van der Waals surface area contributed by atoms with Crippen LogP contribution in [-0.4, -0.2) is 21.7 Å². The van der Waals surface area contributed by atoms with E-state index in [-0.39, 0.29) is 17.3 Å². The molecule has 0 atom stereocenters. The van der Waals surface area contributed by atoms with Crippen molar-refractivity contribution in [2.24, 2.45) is 0 Å². The van der Waals surface area contributed by atoms with Crippen LogP contribution in [0.15, 0.2) is 29.2 Å². The van der Waals surface area contributed by atoms with Crippen molar-refractivity contribution in [2.45, 2.75) is 26.7 Å². The molecule has 0 bridgehead atoms. The SMILES string of the molecule is CCC/C=C(/C)SCC(=O)c1ccc(O)c(O)c1. The number of allylic oxidation sites excluding steroid dienone is 2. The first kappa shape index (κ1) is 14.6. The average molecular weight is 266 g/mol. The van der Waals surface area contributed by atoms with Crippen molar-refractivity contribution >= 4 is 17.5 Å². The molecule has 0 fully saturated rings. The Morgan fingerprint density at radius 3 is 2.67 bits per heavy atom. The van der Waals surface area contributed by atoms with Crippen LogP contribution in [0.25, 0.3) is 0 Å². The van der Waals surface area contributed by atoms with Crippen LogP contribution >= 0.6 is 11.8 Å². The number of carbonyl (C=O) groups is 1. The van der Waals surface area contributed by atoms with Crippen LogP contribution in [0.4, 0.5) is 0 Å². The first-order chi connectivity index (χ1) is 8.54. The number of hydrogen-bond acceptors (Lipinski definition) is 4. The summed E-state index contributed by atoms with van der Waals surface area (Å²) >= 11 is 1.50. The van der Waals surface area contributed by atoms with Gasteiger partial charge in [0.05, 0.1) is 5.75 Å². The zero-order chi connectivity index (χ0) is 13.5. The number of unbranched alkanes of at least 4 members (excludes halogenated alkanes) is 1. The van der Waals surface area contributed by atoms with Gasteiger partial charge in [0.2, 0.25) is 0 Å². The summed E-state index contributed by atoms with van der Waals surface area (Å²) in [6, 6.07) is 4.14. The van der Waals surface area contributed by atoms with E-state index in [1.54, 1.807) is 0 Å². The number of Topliss-reactive ketones (excluding diaryl/α,β-unsaturated/α-hetero) is 1. The summed E-state index contributed by atoms with van der Waals surface area (Å²) in [7, 11) is 0. The fourth-order valence-corrected chi connectivity index (χ4v) is 2.13. The van der Waals surface area contributed by atoms with Crippen LogP contribution in [0.1, 0.15) is 37.0 Å². The molecule has 0 aliphatic heterocycles. The summed E-state index contributed by atoms with van der Waals surface area (Å²) in [5.41, 5.74) is 0.418. The summed E-state index contributed by atoms with van der Waals surface area (Å²) in [6.45, 7) is 4.10. The molecule has 4 heteroatoms. The van der Waals surface area contributed by atoms with E-state index in [0.29, 0.717) is 11.3 Å². The summed E-state index contributed by atoms with van der Waals surface area (Å²) in [4.78, 5) is 13.0. The Kier molecular flexibility index (Phi) is 5.78. The maximum atomic E-state index is 11.8. The minimum atomic E-state index is -0.260. The van der Waals surface area contributed by atoms with Crippen LogP contribution in [0.5, 0.6) is 11.5 Å². The number of rotatable bonds is 6. The summed E-state index contributed by atoms with van der Waals surface area (Å²) in [5.74, 6) is -0.183. The highest BCUT2D eigenvalue weighted by Crippen LogP contribution is 2.26. The molecule has 0 amide bonds. The molecular formula is C14H18O3S. The van der Waals surface area contributed by atoms with Gasteiger partial charge in [0.1, 0.15) is 0 Å². The second-order valence-corrected chi connectivity index (χ2v) is 5.24. The summed E-state index contributed by atoms with van der Waals surface area (Å²) < 4.78 is 0. The molecule has 1 aromatic rings. The summed E-state index contributed by atoms with van der Waals surface area (Å²) in [6.07, 6.45) is 4.23. The minimum Gasteiger partial charge on any atom is -0.504 e. The highest BCUT2D eigenvalue weighted by molar-refractivity contribution is 8.03. The fourth-order valence-electron chi connectivity index (χ4n) is 1.37. The molecule has 0 spiro atoms. The number of benzene rings is 1. The third-order valence-electron chi connectivity index (χ3n) is 2.45. The molecule has 1 rings (SSSR count). The van der Waals surface area contributed by atoms with Crippen LogP contribution in [0.3, 0.4) is 0 Å². The lowest BCUT2D eigenvalue weighted by atomic mass is 10.1. The number of phenols is 2. The normalized spacial score (nSPS) is 11.6. The zero-order valence-corrected chi connectivity index (χ0v) is 11.5. The molecule has 1 aromatic carbocycles. The number of hydrogen-bond donors (Lipinski definition) is 2. The molecule has 2 N–H and O–H groups in total. The molecular weight excluding hydrogens is 248 g/mol. The monoisotopic (exact) mass is 266 g/mol. The molecule has 0 saturated carbocycles. The lowest BCUT2D eigenvalue weighted by Crippen LogP contribution is -2.01. The van der Waals surface area contributed by atoms with Gasteiger partial charge in [-0.15, -0.1) is 11.8 Å². The van der Waals surface area contributed by atoms with Gasteiger partial charge in [-0.05, 0) is 36.4 Å². The zero-order valence-electron chi connectivity index (χ0n) is 10.6. The minimum absolute atomic E-state index is 0.0560. The lowest BCUT2D eigenvalue weighted by Gasteiger charge is -2.03. The molecule has 98 valence electrons. The van der Waals surface area contributed by atoms with E-state index in [2.05, 4.69) is 13.0 Å². The molecule has 0 aliphatic carbocycles. The van der Waals surface area contributed by atoms with E-state index in [1.807, 2.05) is 6.92 Å².